The quantitative estimate of drug-likeness (QED) is 0.793. The van der Waals surface area contributed by atoms with E-state index in [0.717, 1.165) is 35.1 Å². The lowest BCUT2D eigenvalue weighted by atomic mass is 10.1. The van der Waals surface area contributed by atoms with Gasteiger partial charge in [-0.05, 0) is 55.7 Å². The third-order valence-electron chi connectivity index (χ3n) is 5.52. The summed E-state index contributed by atoms with van der Waals surface area (Å²) in [4.78, 5) is 30.4. The second-order valence-electron chi connectivity index (χ2n) is 7.61. The normalized spacial score (nSPS) is 15.9. The number of fused-ring (bicyclic) bond motifs is 1. The smallest absolute Gasteiger partial charge is 0.227 e. The molecule has 1 N–H and O–H groups in total. The highest BCUT2D eigenvalue weighted by Gasteiger charge is 2.23. The second-order valence-corrected chi connectivity index (χ2v) is 8.74. The van der Waals surface area contributed by atoms with Gasteiger partial charge in [0.25, 0.3) is 0 Å². The van der Waals surface area contributed by atoms with E-state index in [-0.39, 0.29) is 24.7 Å². The zero-order chi connectivity index (χ0) is 20.2. The molecule has 0 atom stereocenters. The number of anilines is 3. The second kappa shape index (κ2) is 8.91. The minimum atomic E-state index is -0.119. The van der Waals surface area contributed by atoms with E-state index in [0.29, 0.717) is 6.54 Å². The van der Waals surface area contributed by atoms with E-state index >= 15 is 0 Å². The van der Waals surface area contributed by atoms with Crippen molar-refractivity contribution in [3.8, 4) is 0 Å². The van der Waals surface area contributed by atoms with E-state index in [1.54, 1.807) is 11.8 Å². The fraction of sp³-hybridized carbons (Fsp3) is 0.391. The Morgan fingerprint density at radius 2 is 1.79 bits per heavy atom. The fourth-order valence-electron chi connectivity index (χ4n) is 4.05. The molecule has 2 aliphatic rings. The lowest BCUT2D eigenvalue weighted by molar-refractivity contribution is -0.122. The Balaban J connectivity index is 1.32. The number of rotatable bonds is 5. The molecule has 2 heterocycles. The van der Waals surface area contributed by atoms with Gasteiger partial charge in [0.15, 0.2) is 0 Å². The van der Waals surface area contributed by atoms with Gasteiger partial charge in [-0.25, -0.2) is 0 Å². The lowest BCUT2D eigenvalue weighted by Gasteiger charge is -2.29. The minimum absolute atomic E-state index is 0.00784. The van der Waals surface area contributed by atoms with Gasteiger partial charge in [0.05, 0.1) is 5.69 Å². The largest absolute Gasteiger partial charge is 0.371 e. The van der Waals surface area contributed by atoms with Gasteiger partial charge in [-0.3, -0.25) is 9.59 Å². The first kappa shape index (κ1) is 19.8. The van der Waals surface area contributed by atoms with E-state index in [2.05, 4.69) is 23.2 Å². The molecule has 4 rings (SSSR count). The molecule has 2 aromatic rings. The Hall–Kier alpha value is -2.47. The third kappa shape index (κ3) is 4.58. The van der Waals surface area contributed by atoms with Crippen molar-refractivity contribution in [3.05, 3.63) is 48.0 Å². The molecular formula is C23H27N3O2S. The van der Waals surface area contributed by atoms with Crippen LogP contribution in [0, 0.1) is 6.92 Å². The standard InChI is InChI=1S/C23H27N3O2S/c1-17-16-18(8-9-19(17)25-12-4-5-13-25)24-22(27)10-11-23(28)26-14-15-29-21-7-3-2-6-20(21)26/h2-3,6-9,16H,4-5,10-15H2,1H3,(H,24,27). The van der Waals surface area contributed by atoms with Crippen LogP contribution in [0.25, 0.3) is 0 Å². The van der Waals surface area contributed by atoms with Crippen LogP contribution in [0.15, 0.2) is 47.4 Å². The van der Waals surface area contributed by atoms with Crippen LogP contribution in [-0.2, 0) is 9.59 Å². The maximum atomic E-state index is 12.7. The van der Waals surface area contributed by atoms with Crippen LogP contribution in [0.4, 0.5) is 17.1 Å². The van der Waals surface area contributed by atoms with Crippen molar-refractivity contribution in [2.24, 2.45) is 0 Å². The highest BCUT2D eigenvalue weighted by molar-refractivity contribution is 7.99. The predicted molar refractivity (Wildman–Crippen MR) is 120 cm³/mol. The number of amides is 2. The first-order chi connectivity index (χ1) is 14.1. The summed E-state index contributed by atoms with van der Waals surface area (Å²) in [5, 5.41) is 2.95. The summed E-state index contributed by atoms with van der Waals surface area (Å²) in [6.07, 6.45) is 2.89. The molecule has 0 aromatic heterocycles. The Labute approximate surface area is 176 Å². The Morgan fingerprint density at radius 1 is 1.00 bits per heavy atom. The van der Waals surface area contributed by atoms with Crippen LogP contribution in [-0.4, -0.2) is 37.2 Å². The number of carbonyl (C=O) groups excluding carboxylic acids is 2. The maximum absolute atomic E-state index is 12.7. The zero-order valence-electron chi connectivity index (χ0n) is 16.8. The molecule has 0 bridgehead atoms. The average molecular weight is 410 g/mol. The maximum Gasteiger partial charge on any atom is 0.227 e. The number of benzene rings is 2. The predicted octanol–water partition coefficient (Wildman–Crippen LogP) is 4.45. The van der Waals surface area contributed by atoms with Crippen LogP contribution in [0.3, 0.4) is 0 Å². The van der Waals surface area contributed by atoms with Gasteiger partial charge >= 0.3 is 0 Å². The third-order valence-corrected chi connectivity index (χ3v) is 6.57. The van der Waals surface area contributed by atoms with Crippen LogP contribution >= 0.6 is 11.8 Å². The molecule has 2 aliphatic heterocycles. The van der Waals surface area contributed by atoms with Gasteiger partial charge in [-0.2, -0.15) is 0 Å². The molecule has 2 amide bonds. The summed E-state index contributed by atoms with van der Waals surface area (Å²) in [5.74, 6) is 0.775. The van der Waals surface area contributed by atoms with Gasteiger partial charge in [0.2, 0.25) is 11.8 Å². The summed E-state index contributed by atoms with van der Waals surface area (Å²) in [5.41, 5.74) is 4.17. The molecule has 1 fully saturated rings. The van der Waals surface area contributed by atoms with E-state index < -0.39 is 0 Å². The lowest BCUT2D eigenvalue weighted by Crippen LogP contribution is -2.35. The van der Waals surface area contributed by atoms with Gasteiger partial charge in [0, 0.05) is 54.5 Å². The Kier molecular flexibility index (Phi) is 6.09. The Bertz CT molecular complexity index is 909. The number of nitrogens with one attached hydrogen (secondary N) is 1. The average Bonchev–Trinajstić information content (AvgIpc) is 3.26. The number of carbonyl (C=O) groups is 2. The van der Waals surface area contributed by atoms with Crippen LogP contribution in [0.1, 0.15) is 31.2 Å². The highest BCUT2D eigenvalue weighted by Crippen LogP contribution is 2.34. The number of hydrogen-bond donors (Lipinski definition) is 1. The summed E-state index contributed by atoms with van der Waals surface area (Å²) in [7, 11) is 0. The van der Waals surface area contributed by atoms with Gasteiger partial charge < -0.3 is 15.1 Å². The number of hydrogen-bond acceptors (Lipinski definition) is 4. The van der Waals surface area contributed by atoms with Crippen molar-refractivity contribution in [1.29, 1.82) is 0 Å². The van der Waals surface area contributed by atoms with Crippen molar-refractivity contribution in [1.82, 2.24) is 0 Å². The zero-order valence-corrected chi connectivity index (χ0v) is 17.6. The van der Waals surface area contributed by atoms with E-state index in [1.807, 2.05) is 41.3 Å². The van der Waals surface area contributed by atoms with E-state index in [1.165, 1.54) is 24.1 Å². The summed E-state index contributed by atoms with van der Waals surface area (Å²) >= 11 is 1.77. The number of para-hydroxylation sites is 1. The minimum Gasteiger partial charge on any atom is -0.371 e. The molecule has 1 saturated heterocycles. The van der Waals surface area contributed by atoms with Crippen molar-refractivity contribution in [3.63, 3.8) is 0 Å². The first-order valence-corrected chi connectivity index (χ1v) is 11.3. The monoisotopic (exact) mass is 409 g/mol. The van der Waals surface area contributed by atoms with Crippen LogP contribution in [0.2, 0.25) is 0 Å². The van der Waals surface area contributed by atoms with Gasteiger partial charge in [-0.15, -0.1) is 11.8 Å². The highest BCUT2D eigenvalue weighted by atomic mass is 32.2. The molecule has 6 heteroatoms. The van der Waals surface area contributed by atoms with Crippen molar-refractivity contribution in [2.75, 3.05) is 40.5 Å². The molecule has 0 spiro atoms. The summed E-state index contributed by atoms with van der Waals surface area (Å²) in [6, 6.07) is 14.0. The molecule has 29 heavy (non-hydrogen) atoms. The molecule has 5 nitrogen and oxygen atoms in total. The molecule has 2 aromatic carbocycles. The first-order valence-electron chi connectivity index (χ1n) is 10.3. The van der Waals surface area contributed by atoms with Crippen molar-refractivity contribution >= 4 is 40.6 Å². The fourth-order valence-corrected chi connectivity index (χ4v) is 5.05. The molecule has 0 aliphatic carbocycles. The molecular weight excluding hydrogens is 382 g/mol. The van der Waals surface area contributed by atoms with Crippen LogP contribution in [0.5, 0.6) is 0 Å². The molecule has 0 radical (unpaired) electrons. The number of thioether (sulfide) groups is 1. The summed E-state index contributed by atoms with van der Waals surface area (Å²) in [6.45, 7) is 4.98. The number of nitrogens with zero attached hydrogens (tertiary/aromatic N) is 2. The van der Waals surface area contributed by atoms with Gasteiger partial charge in [0.1, 0.15) is 0 Å². The van der Waals surface area contributed by atoms with Crippen molar-refractivity contribution < 1.29 is 9.59 Å². The molecule has 152 valence electrons. The summed E-state index contributed by atoms with van der Waals surface area (Å²) < 4.78 is 0. The number of aryl methyl sites for hydroxylation is 1. The Morgan fingerprint density at radius 3 is 2.59 bits per heavy atom. The van der Waals surface area contributed by atoms with Crippen LogP contribution < -0.4 is 15.1 Å². The topological polar surface area (TPSA) is 52.7 Å². The van der Waals surface area contributed by atoms with Crippen molar-refractivity contribution in [2.45, 2.75) is 37.5 Å². The van der Waals surface area contributed by atoms with Gasteiger partial charge in [-0.1, -0.05) is 12.1 Å². The SMILES string of the molecule is Cc1cc(NC(=O)CCC(=O)N2CCSc3ccccc32)ccc1N1CCCC1. The molecule has 0 saturated carbocycles. The van der Waals surface area contributed by atoms with E-state index in [4.69, 9.17) is 0 Å². The molecule has 0 unspecified atom stereocenters. The van der Waals surface area contributed by atoms with E-state index in [9.17, 15) is 9.59 Å².